The summed E-state index contributed by atoms with van der Waals surface area (Å²) in [5.41, 5.74) is -0.0192. The lowest BCUT2D eigenvalue weighted by atomic mass is 9.74. The number of methoxy groups -OCH3 is 1. The molecule has 0 bridgehead atoms. The molecule has 0 aromatic carbocycles. The lowest BCUT2D eigenvalue weighted by Crippen LogP contribution is -2.27. The zero-order chi connectivity index (χ0) is 11.9. The molecule has 0 aromatic heterocycles. The molecule has 0 saturated heterocycles. The van der Waals surface area contributed by atoms with Gasteiger partial charge in [-0.15, -0.1) is 0 Å². The van der Waals surface area contributed by atoms with Crippen LogP contribution in [0.25, 0.3) is 0 Å². The van der Waals surface area contributed by atoms with Gasteiger partial charge >= 0.3 is 5.97 Å². The van der Waals surface area contributed by atoms with Crippen molar-refractivity contribution in [1.82, 2.24) is 0 Å². The van der Waals surface area contributed by atoms with Crippen molar-refractivity contribution in [1.29, 1.82) is 0 Å². The van der Waals surface area contributed by atoms with Crippen LogP contribution in [0, 0.1) is 5.41 Å². The number of ether oxygens (including phenoxy) is 1. The average molecular weight is 228 g/mol. The number of carbonyl (C=O) groups excluding carboxylic acids is 1. The average Bonchev–Trinajstić information content (AvgIpc) is 2.28. The Labute approximate surface area is 98.2 Å². The third kappa shape index (κ3) is 4.12. The normalized spacial score (nSPS) is 20.9. The highest BCUT2D eigenvalue weighted by Crippen LogP contribution is 2.37. The molecule has 0 radical (unpaired) electrons. The van der Waals surface area contributed by atoms with Gasteiger partial charge < -0.3 is 9.84 Å². The second-order valence-electron chi connectivity index (χ2n) is 5.00. The molecule has 0 aromatic rings. The maximum Gasteiger partial charge on any atom is 0.305 e. The van der Waals surface area contributed by atoms with Crippen molar-refractivity contribution in [3.63, 3.8) is 0 Å². The Kier molecular flexibility index (Phi) is 5.81. The van der Waals surface area contributed by atoms with E-state index in [1.54, 1.807) is 0 Å². The van der Waals surface area contributed by atoms with Gasteiger partial charge in [0.2, 0.25) is 0 Å². The Balaban J connectivity index is 2.48. The van der Waals surface area contributed by atoms with Crippen LogP contribution < -0.4 is 0 Å². The van der Waals surface area contributed by atoms with Crippen molar-refractivity contribution in [2.24, 2.45) is 5.41 Å². The Morgan fingerprint density at radius 2 is 1.75 bits per heavy atom. The highest BCUT2D eigenvalue weighted by atomic mass is 16.5. The van der Waals surface area contributed by atoms with Crippen molar-refractivity contribution in [3.8, 4) is 0 Å². The number of aliphatic hydroxyl groups is 1. The molecule has 0 amide bonds. The molecule has 1 saturated carbocycles. The van der Waals surface area contributed by atoms with Gasteiger partial charge in [0.1, 0.15) is 0 Å². The van der Waals surface area contributed by atoms with Crippen LogP contribution >= 0.6 is 0 Å². The van der Waals surface area contributed by atoms with Gasteiger partial charge in [0.25, 0.3) is 0 Å². The Morgan fingerprint density at radius 1 is 1.19 bits per heavy atom. The van der Waals surface area contributed by atoms with Crippen molar-refractivity contribution >= 4 is 5.97 Å². The van der Waals surface area contributed by atoms with E-state index in [-0.39, 0.29) is 18.0 Å². The molecule has 3 nitrogen and oxygen atoms in total. The monoisotopic (exact) mass is 228 g/mol. The maximum absolute atomic E-state index is 11.2. The number of aliphatic hydroxyl groups excluding tert-OH is 1. The van der Waals surface area contributed by atoms with Crippen LogP contribution in [0.5, 0.6) is 0 Å². The molecule has 0 heterocycles. The summed E-state index contributed by atoms with van der Waals surface area (Å²) in [6.45, 7) is 0.212. The van der Waals surface area contributed by atoms with E-state index in [0.717, 1.165) is 19.3 Å². The van der Waals surface area contributed by atoms with Crippen LogP contribution in [0.15, 0.2) is 0 Å². The van der Waals surface area contributed by atoms with Gasteiger partial charge in [-0.1, -0.05) is 32.1 Å². The molecule has 94 valence electrons. The molecule has 0 aliphatic heterocycles. The highest BCUT2D eigenvalue weighted by molar-refractivity contribution is 5.69. The van der Waals surface area contributed by atoms with E-state index in [0.29, 0.717) is 6.42 Å². The quantitative estimate of drug-likeness (QED) is 0.752. The van der Waals surface area contributed by atoms with Crippen molar-refractivity contribution < 1.29 is 14.6 Å². The zero-order valence-corrected chi connectivity index (χ0v) is 10.3. The number of carbonyl (C=O) groups is 1. The highest BCUT2D eigenvalue weighted by Gasteiger charge is 2.30. The molecule has 3 heteroatoms. The zero-order valence-electron chi connectivity index (χ0n) is 10.3. The predicted molar refractivity (Wildman–Crippen MR) is 63.1 cm³/mol. The molecule has 0 unspecified atom stereocenters. The fraction of sp³-hybridized carbons (Fsp3) is 0.923. The minimum atomic E-state index is -0.158. The molecular weight excluding hydrogens is 204 g/mol. The summed E-state index contributed by atoms with van der Waals surface area (Å²) in [5, 5.41) is 9.59. The van der Waals surface area contributed by atoms with Crippen LogP contribution in [0.3, 0.4) is 0 Å². The largest absolute Gasteiger partial charge is 0.469 e. The lowest BCUT2D eigenvalue weighted by Gasteiger charge is -2.33. The fourth-order valence-electron chi connectivity index (χ4n) is 2.61. The van der Waals surface area contributed by atoms with Crippen LogP contribution in [-0.2, 0) is 9.53 Å². The fourth-order valence-corrected chi connectivity index (χ4v) is 2.61. The minimum absolute atomic E-state index is 0.0192. The van der Waals surface area contributed by atoms with E-state index in [1.807, 2.05) is 0 Å². The topological polar surface area (TPSA) is 46.5 Å². The first-order valence-corrected chi connectivity index (χ1v) is 6.40. The van der Waals surface area contributed by atoms with Crippen LogP contribution in [0.4, 0.5) is 0 Å². The standard InChI is InChI=1S/C13H24O3/c1-16-12(15)7-10-13(11-14)8-5-3-2-4-6-9-13/h14H,2-11H2,1H3. The third-order valence-electron chi connectivity index (χ3n) is 3.84. The summed E-state index contributed by atoms with van der Waals surface area (Å²) >= 11 is 0. The number of rotatable bonds is 4. The number of hydrogen-bond acceptors (Lipinski definition) is 3. The molecule has 1 rings (SSSR count). The Bertz CT molecular complexity index is 205. The van der Waals surface area contributed by atoms with E-state index >= 15 is 0 Å². The summed E-state index contributed by atoms with van der Waals surface area (Å²) in [4.78, 5) is 11.2. The second-order valence-corrected chi connectivity index (χ2v) is 5.00. The second kappa shape index (κ2) is 6.89. The van der Waals surface area contributed by atoms with Crippen LogP contribution in [0.2, 0.25) is 0 Å². The van der Waals surface area contributed by atoms with Gasteiger partial charge in [0, 0.05) is 13.0 Å². The first-order valence-electron chi connectivity index (χ1n) is 6.40. The van der Waals surface area contributed by atoms with Gasteiger partial charge in [-0.05, 0) is 24.7 Å². The molecule has 1 aliphatic rings. The summed E-state index contributed by atoms with van der Waals surface area (Å²) in [5.74, 6) is -0.158. The van der Waals surface area contributed by atoms with E-state index in [2.05, 4.69) is 4.74 Å². The summed E-state index contributed by atoms with van der Waals surface area (Å²) in [6, 6.07) is 0. The summed E-state index contributed by atoms with van der Waals surface area (Å²) in [7, 11) is 1.42. The van der Waals surface area contributed by atoms with Gasteiger partial charge in [-0.2, -0.15) is 0 Å². The van der Waals surface area contributed by atoms with Crippen molar-refractivity contribution in [2.45, 2.75) is 57.8 Å². The van der Waals surface area contributed by atoms with E-state index in [9.17, 15) is 9.90 Å². The molecular formula is C13H24O3. The summed E-state index contributed by atoms with van der Waals surface area (Å²) in [6.07, 6.45) is 9.54. The first-order chi connectivity index (χ1) is 7.72. The first kappa shape index (κ1) is 13.5. The van der Waals surface area contributed by atoms with Gasteiger partial charge in [-0.3, -0.25) is 4.79 Å². The molecule has 1 fully saturated rings. The molecule has 0 spiro atoms. The van der Waals surface area contributed by atoms with Gasteiger partial charge in [0.15, 0.2) is 0 Å². The van der Waals surface area contributed by atoms with E-state index < -0.39 is 0 Å². The number of hydrogen-bond donors (Lipinski definition) is 1. The smallest absolute Gasteiger partial charge is 0.305 e. The van der Waals surface area contributed by atoms with Crippen molar-refractivity contribution in [3.05, 3.63) is 0 Å². The Morgan fingerprint density at radius 3 is 2.25 bits per heavy atom. The van der Waals surface area contributed by atoms with Crippen molar-refractivity contribution in [2.75, 3.05) is 13.7 Å². The minimum Gasteiger partial charge on any atom is -0.469 e. The van der Waals surface area contributed by atoms with E-state index in [1.165, 1.54) is 39.2 Å². The molecule has 16 heavy (non-hydrogen) atoms. The number of esters is 1. The van der Waals surface area contributed by atoms with E-state index in [4.69, 9.17) is 0 Å². The molecule has 1 aliphatic carbocycles. The SMILES string of the molecule is COC(=O)CCC1(CO)CCCCCCC1. The molecule has 1 N–H and O–H groups in total. The van der Waals surface area contributed by atoms with Gasteiger partial charge in [0.05, 0.1) is 7.11 Å². The maximum atomic E-state index is 11.2. The third-order valence-corrected chi connectivity index (χ3v) is 3.84. The predicted octanol–water partition coefficient (Wildman–Crippen LogP) is 2.66. The summed E-state index contributed by atoms with van der Waals surface area (Å²) < 4.78 is 4.67. The van der Waals surface area contributed by atoms with Crippen LogP contribution in [-0.4, -0.2) is 24.8 Å². The molecule has 0 atom stereocenters. The Hall–Kier alpha value is -0.570. The van der Waals surface area contributed by atoms with Gasteiger partial charge in [-0.25, -0.2) is 0 Å². The van der Waals surface area contributed by atoms with Crippen LogP contribution in [0.1, 0.15) is 57.8 Å². The lowest BCUT2D eigenvalue weighted by molar-refractivity contribution is -0.141.